The highest BCUT2D eigenvalue weighted by Gasteiger charge is 2.11. The van der Waals surface area contributed by atoms with Crippen LogP contribution in [0.1, 0.15) is 38.6 Å². The molecule has 1 heterocycles. The lowest BCUT2D eigenvalue weighted by atomic mass is 9.93. The lowest BCUT2D eigenvalue weighted by molar-refractivity contribution is 0.240. The molecule has 0 aromatic carbocycles. The maximum absolute atomic E-state index is 5.72. The van der Waals surface area contributed by atoms with E-state index in [2.05, 4.69) is 25.8 Å². The second kappa shape index (κ2) is 5.30. The molecule has 0 aliphatic carbocycles. The van der Waals surface area contributed by atoms with E-state index < -0.39 is 0 Å². The molecule has 1 aromatic heterocycles. The summed E-state index contributed by atoms with van der Waals surface area (Å²) in [5.74, 6) is 0.817. The van der Waals surface area contributed by atoms with Crippen molar-refractivity contribution in [3.63, 3.8) is 0 Å². The van der Waals surface area contributed by atoms with Crippen LogP contribution in [0.3, 0.4) is 0 Å². The van der Waals surface area contributed by atoms with Gasteiger partial charge in [0.2, 0.25) is 0 Å². The van der Waals surface area contributed by atoms with E-state index in [1.54, 1.807) is 0 Å². The minimum Gasteiger partial charge on any atom is -0.492 e. The Balaban J connectivity index is 2.60. The third kappa shape index (κ3) is 4.19. The van der Waals surface area contributed by atoms with E-state index in [1.165, 1.54) is 0 Å². The number of ether oxygens (including phenoxy) is 1. The molecule has 2 N–H and O–H groups in total. The van der Waals surface area contributed by atoms with E-state index in [0.717, 1.165) is 23.6 Å². The highest BCUT2D eigenvalue weighted by Crippen LogP contribution is 2.21. The van der Waals surface area contributed by atoms with E-state index in [0.29, 0.717) is 18.6 Å². The van der Waals surface area contributed by atoms with Crippen LogP contribution in [-0.4, -0.2) is 11.6 Å². The van der Waals surface area contributed by atoms with Gasteiger partial charge in [0.05, 0.1) is 12.3 Å². The summed E-state index contributed by atoms with van der Waals surface area (Å²) < 4.78 is 5.72. The van der Waals surface area contributed by atoms with Crippen molar-refractivity contribution in [3.8, 4) is 5.75 Å². The zero-order valence-electron chi connectivity index (χ0n) is 10.7. The summed E-state index contributed by atoms with van der Waals surface area (Å²) >= 11 is 0. The van der Waals surface area contributed by atoms with Gasteiger partial charge in [-0.05, 0) is 30.9 Å². The van der Waals surface area contributed by atoms with Gasteiger partial charge in [0.1, 0.15) is 5.75 Å². The van der Waals surface area contributed by atoms with Crippen LogP contribution in [0.4, 0.5) is 0 Å². The van der Waals surface area contributed by atoms with Gasteiger partial charge in [-0.2, -0.15) is 0 Å². The van der Waals surface area contributed by atoms with Crippen molar-refractivity contribution in [2.45, 2.75) is 40.7 Å². The van der Waals surface area contributed by atoms with E-state index in [-0.39, 0.29) is 0 Å². The fourth-order valence-electron chi connectivity index (χ4n) is 1.34. The van der Waals surface area contributed by atoms with Gasteiger partial charge in [-0.25, -0.2) is 0 Å². The molecule has 1 rings (SSSR count). The molecule has 0 unspecified atom stereocenters. The smallest absolute Gasteiger partial charge is 0.142 e. The Hall–Kier alpha value is -1.09. The third-order valence-electron chi connectivity index (χ3n) is 2.37. The molecule has 0 fully saturated rings. The summed E-state index contributed by atoms with van der Waals surface area (Å²) in [4.78, 5) is 4.36. The number of rotatable bonds is 4. The van der Waals surface area contributed by atoms with Crippen molar-refractivity contribution in [1.82, 2.24) is 4.98 Å². The summed E-state index contributed by atoms with van der Waals surface area (Å²) in [6.45, 7) is 9.70. The van der Waals surface area contributed by atoms with Crippen molar-refractivity contribution >= 4 is 0 Å². The molecule has 3 nitrogen and oxygen atoms in total. The van der Waals surface area contributed by atoms with E-state index >= 15 is 0 Å². The van der Waals surface area contributed by atoms with Crippen LogP contribution in [0.15, 0.2) is 12.1 Å². The summed E-state index contributed by atoms with van der Waals surface area (Å²) in [5, 5.41) is 0. The highest BCUT2D eigenvalue weighted by molar-refractivity contribution is 5.29. The molecule has 0 radical (unpaired) electrons. The third-order valence-corrected chi connectivity index (χ3v) is 2.37. The van der Waals surface area contributed by atoms with Gasteiger partial charge in [-0.3, -0.25) is 4.98 Å². The Morgan fingerprint density at radius 2 is 2.00 bits per heavy atom. The summed E-state index contributed by atoms with van der Waals surface area (Å²) in [6.07, 6.45) is 1.02. The fraction of sp³-hybridized carbons (Fsp3) is 0.615. The topological polar surface area (TPSA) is 48.1 Å². The van der Waals surface area contributed by atoms with Crippen LogP contribution in [-0.2, 0) is 6.54 Å². The van der Waals surface area contributed by atoms with Crippen LogP contribution < -0.4 is 10.5 Å². The number of aromatic nitrogens is 1. The summed E-state index contributed by atoms with van der Waals surface area (Å²) in [7, 11) is 0. The zero-order chi connectivity index (χ0) is 12.2. The Morgan fingerprint density at radius 1 is 1.31 bits per heavy atom. The van der Waals surface area contributed by atoms with Gasteiger partial charge in [0.25, 0.3) is 0 Å². The lowest BCUT2D eigenvalue weighted by Crippen LogP contribution is -2.13. The maximum Gasteiger partial charge on any atom is 0.142 e. The van der Waals surface area contributed by atoms with Crippen molar-refractivity contribution < 1.29 is 4.74 Å². The van der Waals surface area contributed by atoms with Crippen molar-refractivity contribution in [3.05, 3.63) is 23.5 Å². The molecule has 0 amide bonds. The predicted octanol–water partition coefficient (Wildman–Crippen LogP) is 2.66. The van der Waals surface area contributed by atoms with Gasteiger partial charge < -0.3 is 10.5 Å². The van der Waals surface area contributed by atoms with Crippen LogP contribution >= 0.6 is 0 Å². The number of hydrogen-bond acceptors (Lipinski definition) is 3. The average molecular weight is 222 g/mol. The molecule has 0 aliphatic rings. The average Bonchev–Trinajstić information content (AvgIpc) is 2.18. The normalized spacial score (nSPS) is 11.6. The number of hydrogen-bond donors (Lipinski definition) is 1. The first kappa shape index (κ1) is 13.0. The van der Waals surface area contributed by atoms with Crippen LogP contribution in [0.2, 0.25) is 0 Å². The second-order valence-corrected chi connectivity index (χ2v) is 5.26. The molecule has 16 heavy (non-hydrogen) atoms. The molecule has 0 saturated heterocycles. The quantitative estimate of drug-likeness (QED) is 0.852. The van der Waals surface area contributed by atoms with Gasteiger partial charge in [-0.15, -0.1) is 0 Å². The van der Waals surface area contributed by atoms with Gasteiger partial charge >= 0.3 is 0 Å². The molecule has 0 atom stereocenters. The van der Waals surface area contributed by atoms with Crippen LogP contribution in [0.5, 0.6) is 5.75 Å². The molecule has 3 heteroatoms. The van der Waals surface area contributed by atoms with Crippen molar-refractivity contribution in [2.75, 3.05) is 6.61 Å². The Kier molecular flexibility index (Phi) is 4.30. The summed E-state index contributed by atoms with van der Waals surface area (Å²) in [5.41, 5.74) is 7.74. The molecule has 90 valence electrons. The number of pyridine rings is 1. The first-order valence-corrected chi connectivity index (χ1v) is 5.72. The standard InChI is InChI=1S/C13H22N2O/c1-10-5-6-12(11(9-14)15-10)16-8-7-13(2,3)4/h5-6H,7-9,14H2,1-4H3. The Morgan fingerprint density at radius 3 is 2.56 bits per heavy atom. The zero-order valence-corrected chi connectivity index (χ0v) is 10.7. The first-order valence-electron chi connectivity index (χ1n) is 5.72. The molecular weight excluding hydrogens is 200 g/mol. The number of nitrogens with zero attached hydrogens (tertiary/aromatic N) is 1. The van der Waals surface area contributed by atoms with E-state index in [9.17, 15) is 0 Å². The van der Waals surface area contributed by atoms with Crippen molar-refractivity contribution in [1.29, 1.82) is 0 Å². The Labute approximate surface area is 98.0 Å². The van der Waals surface area contributed by atoms with E-state index in [1.807, 2.05) is 19.1 Å². The minimum atomic E-state index is 0.293. The van der Waals surface area contributed by atoms with Crippen LogP contribution in [0.25, 0.3) is 0 Å². The fourth-order valence-corrected chi connectivity index (χ4v) is 1.34. The molecule has 0 bridgehead atoms. The maximum atomic E-state index is 5.72. The molecule has 0 saturated carbocycles. The highest BCUT2D eigenvalue weighted by atomic mass is 16.5. The molecule has 1 aromatic rings. The molecular formula is C13H22N2O. The van der Waals surface area contributed by atoms with Gasteiger partial charge in [-0.1, -0.05) is 20.8 Å². The van der Waals surface area contributed by atoms with E-state index in [4.69, 9.17) is 10.5 Å². The first-order chi connectivity index (χ1) is 7.42. The SMILES string of the molecule is Cc1ccc(OCCC(C)(C)C)c(CN)n1. The molecule has 0 spiro atoms. The van der Waals surface area contributed by atoms with Gasteiger partial charge in [0.15, 0.2) is 0 Å². The minimum absolute atomic E-state index is 0.293. The van der Waals surface area contributed by atoms with Gasteiger partial charge in [0, 0.05) is 12.2 Å². The second-order valence-electron chi connectivity index (χ2n) is 5.26. The summed E-state index contributed by atoms with van der Waals surface area (Å²) in [6, 6.07) is 3.90. The largest absolute Gasteiger partial charge is 0.492 e. The Bertz CT molecular complexity index is 342. The molecule has 0 aliphatic heterocycles. The predicted molar refractivity (Wildman–Crippen MR) is 66.4 cm³/mol. The number of nitrogens with two attached hydrogens (primary N) is 1. The van der Waals surface area contributed by atoms with Crippen LogP contribution in [0, 0.1) is 12.3 Å². The number of aryl methyl sites for hydroxylation is 1. The lowest BCUT2D eigenvalue weighted by Gasteiger charge is -2.18. The monoisotopic (exact) mass is 222 g/mol. The van der Waals surface area contributed by atoms with Crippen molar-refractivity contribution in [2.24, 2.45) is 11.1 Å².